The first-order chi connectivity index (χ1) is 17.9. The molecule has 2 aromatic carbocycles. The van der Waals surface area contributed by atoms with Gasteiger partial charge in [0.1, 0.15) is 11.6 Å². The van der Waals surface area contributed by atoms with E-state index in [4.69, 9.17) is 19.4 Å². The summed E-state index contributed by atoms with van der Waals surface area (Å²) in [5.74, 6) is 2.85. The summed E-state index contributed by atoms with van der Waals surface area (Å²) in [4.78, 5) is 14.5. The summed E-state index contributed by atoms with van der Waals surface area (Å²) in [7, 11) is 1.69. The Labute approximate surface area is 228 Å². The van der Waals surface area contributed by atoms with Crippen LogP contribution in [-0.2, 0) is 5.41 Å². The Morgan fingerprint density at radius 3 is 2.29 bits per heavy atom. The maximum absolute atomic E-state index is 6.06. The third kappa shape index (κ3) is 6.32. The van der Waals surface area contributed by atoms with Gasteiger partial charge in [-0.25, -0.2) is 0 Å². The minimum atomic E-state index is -0.129. The molecule has 0 amide bonds. The Balaban J connectivity index is 1.62. The fraction of sp³-hybridized carbons (Fsp3) is 0.484. The van der Waals surface area contributed by atoms with E-state index in [1.54, 1.807) is 7.11 Å². The molecule has 0 bridgehead atoms. The van der Waals surface area contributed by atoms with Gasteiger partial charge in [-0.3, -0.25) is 0 Å². The van der Waals surface area contributed by atoms with Crippen LogP contribution < -0.4 is 24.6 Å². The summed E-state index contributed by atoms with van der Waals surface area (Å²) in [5, 5.41) is 3.56. The fourth-order valence-corrected chi connectivity index (χ4v) is 4.85. The molecule has 1 aliphatic rings. The number of aryl methyl sites for hydroxylation is 1. The van der Waals surface area contributed by atoms with E-state index in [2.05, 4.69) is 87.0 Å². The zero-order valence-corrected chi connectivity index (χ0v) is 24.4. The minimum Gasteiger partial charge on any atom is -0.497 e. The molecule has 3 aromatic rings. The maximum atomic E-state index is 6.06. The van der Waals surface area contributed by atoms with Crippen molar-refractivity contribution in [2.75, 3.05) is 41.9 Å². The summed E-state index contributed by atoms with van der Waals surface area (Å²) in [6.07, 6.45) is 0.0138. The predicted molar refractivity (Wildman–Crippen MR) is 158 cm³/mol. The van der Waals surface area contributed by atoms with Crippen molar-refractivity contribution in [2.24, 2.45) is 0 Å². The van der Waals surface area contributed by atoms with Crippen LogP contribution in [0.3, 0.4) is 0 Å². The quantitative estimate of drug-likeness (QED) is 0.373. The van der Waals surface area contributed by atoms with Crippen LogP contribution in [0.4, 0.5) is 23.1 Å². The largest absolute Gasteiger partial charge is 0.497 e. The molecule has 0 spiro atoms. The van der Waals surface area contributed by atoms with Crippen LogP contribution in [0.25, 0.3) is 0 Å². The number of ether oxygens (including phenoxy) is 2. The van der Waals surface area contributed by atoms with Crippen LogP contribution in [0.5, 0.6) is 11.6 Å². The summed E-state index contributed by atoms with van der Waals surface area (Å²) < 4.78 is 11.4. The van der Waals surface area contributed by atoms with Gasteiger partial charge < -0.3 is 24.6 Å². The lowest BCUT2D eigenvalue weighted by Crippen LogP contribution is -2.60. The normalized spacial score (nSPS) is 15.5. The molecule has 1 aromatic heterocycles. The Morgan fingerprint density at radius 2 is 1.68 bits per heavy atom. The van der Waals surface area contributed by atoms with Crippen LogP contribution in [0.2, 0.25) is 0 Å². The molecule has 0 unspecified atom stereocenters. The van der Waals surface area contributed by atoms with Gasteiger partial charge in [0.25, 0.3) is 0 Å². The molecule has 1 N–H and O–H groups in total. The second-order valence-corrected chi connectivity index (χ2v) is 12.0. The summed E-state index contributed by atoms with van der Waals surface area (Å²) in [6, 6.07) is 16.8. The molecular weight excluding hydrogens is 474 g/mol. The number of rotatable bonds is 7. The van der Waals surface area contributed by atoms with Gasteiger partial charge in [-0.1, -0.05) is 32.9 Å². The van der Waals surface area contributed by atoms with E-state index in [-0.39, 0.29) is 17.1 Å². The molecule has 204 valence electrons. The van der Waals surface area contributed by atoms with Gasteiger partial charge in [-0.15, -0.1) is 0 Å². The third-order valence-corrected chi connectivity index (χ3v) is 6.98. The van der Waals surface area contributed by atoms with Crippen molar-refractivity contribution in [2.45, 2.75) is 72.4 Å². The van der Waals surface area contributed by atoms with Gasteiger partial charge in [0.05, 0.1) is 18.8 Å². The van der Waals surface area contributed by atoms with Gasteiger partial charge in [-0.2, -0.15) is 9.97 Å². The first-order valence-electron chi connectivity index (χ1n) is 13.5. The minimum absolute atomic E-state index is 0.0138. The smallest absolute Gasteiger partial charge is 0.230 e. The number of piperazine rings is 1. The maximum Gasteiger partial charge on any atom is 0.230 e. The van der Waals surface area contributed by atoms with E-state index in [9.17, 15) is 0 Å². The van der Waals surface area contributed by atoms with Crippen LogP contribution >= 0.6 is 0 Å². The zero-order chi connectivity index (χ0) is 27.7. The second-order valence-electron chi connectivity index (χ2n) is 12.0. The van der Waals surface area contributed by atoms with Crippen LogP contribution in [0, 0.1) is 6.92 Å². The van der Waals surface area contributed by atoms with E-state index in [1.807, 2.05) is 32.0 Å². The number of hydrogen-bond donors (Lipinski definition) is 1. The monoisotopic (exact) mass is 517 g/mol. The van der Waals surface area contributed by atoms with E-state index in [0.717, 1.165) is 36.9 Å². The van der Waals surface area contributed by atoms with Gasteiger partial charge >= 0.3 is 0 Å². The molecule has 0 atom stereocenters. The zero-order valence-electron chi connectivity index (χ0n) is 24.4. The van der Waals surface area contributed by atoms with Crippen molar-refractivity contribution in [3.63, 3.8) is 0 Å². The highest BCUT2D eigenvalue weighted by Gasteiger charge is 2.35. The average Bonchev–Trinajstić information content (AvgIpc) is 2.83. The topological polar surface area (TPSA) is 62.8 Å². The molecule has 1 aliphatic heterocycles. The van der Waals surface area contributed by atoms with Gasteiger partial charge in [0.15, 0.2) is 0 Å². The highest BCUT2D eigenvalue weighted by atomic mass is 16.5. The molecule has 7 nitrogen and oxygen atoms in total. The van der Waals surface area contributed by atoms with Crippen LogP contribution in [0.15, 0.2) is 48.5 Å². The molecule has 4 rings (SSSR count). The number of nitrogens with one attached hydrogen (secondary N) is 1. The highest BCUT2D eigenvalue weighted by molar-refractivity contribution is 5.64. The van der Waals surface area contributed by atoms with E-state index >= 15 is 0 Å². The van der Waals surface area contributed by atoms with Crippen molar-refractivity contribution in [3.05, 3.63) is 59.7 Å². The molecule has 2 heterocycles. The van der Waals surface area contributed by atoms with Gasteiger partial charge in [0, 0.05) is 37.1 Å². The molecular formula is C31H43N5O2. The molecule has 7 heteroatoms. The molecule has 38 heavy (non-hydrogen) atoms. The Hall–Kier alpha value is -3.48. The molecule has 0 radical (unpaired) electrons. The summed E-state index contributed by atoms with van der Waals surface area (Å²) in [6.45, 7) is 19.8. The van der Waals surface area contributed by atoms with Crippen molar-refractivity contribution in [3.8, 4) is 11.6 Å². The Morgan fingerprint density at radius 1 is 0.974 bits per heavy atom. The average molecular weight is 518 g/mol. The van der Waals surface area contributed by atoms with E-state index < -0.39 is 0 Å². The number of nitrogens with zero attached hydrogens (tertiary/aromatic N) is 4. The van der Waals surface area contributed by atoms with Crippen molar-refractivity contribution >= 4 is 23.1 Å². The number of methoxy groups -OCH3 is 1. The van der Waals surface area contributed by atoms with Crippen molar-refractivity contribution < 1.29 is 9.47 Å². The van der Waals surface area contributed by atoms with E-state index in [0.29, 0.717) is 11.8 Å². The lowest BCUT2D eigenvalue weighted by Gasteiger charge is -2.48. The Bertz CT molecular complexity index is 1250. The van der Waals surface area contributed by atoms with Crippen LogP contribution in [-0.4, -0.2) is 48.4 Å². The first kappa shape index (κ1) is 27.6. The van der Waals surface area contributed by atoms with Gasteiger partial charge in [-0.05, 0) is 81.5 Å². The first-order valence-corrected chi connectivity index (χ1v) is 13.5. The number of benzene rings is 2. The lowest BCUT2D eigenvalue weighted by molar-refractivity contribution is 0.232. The standard InChI is InChI=1S/C31H43N5O2/c1-21(2)38-28-19-27(32-26-18-23(30(4,5)6)11-10-22(26)3)33-29(34-28)35-16-17-36(31(7,8)20-35)24-12-14-25(37-9)15-13-24/h10-15,18-19,21H,16-17,20H2,1-9H3,(H,32,33,34). The number of anilines is 4. The van der Waals surface area contributed by atoms with E-state index in [1.165, 1.54) is 16.8 Å². The second kappa shape index (κ2) is 10.7. The summed E-state index contributed by atoms with van der Waals surface area (Å²) in [5.41, 5.74) is 4.60. The highest BCUT2D eigenvalue weighted by Crippen LogP contribution is 2.33. The van der Waals surface area contributed by atoms with Crippen LogP contribution in [0.1, 0.15) is 59.6 Å². The predicted octanol–water partition coefficient (Wildman–Crippen LogP) is 6.73. The SMILES string of the molecule is COc1ccc(N2CCN(c3nc(Nc4cc(C(C)(C)C)ccc4C)cc(OC(C)C)n3)CC2(C)C)cc1. The molecule has 1 fully saturated rings. The van der Waals surface area contributed by atoms with Crippen molar-refractivity contribution in [1.82, 2.24) is 9.97 Å². The molecule has 0 aliphatic carbocycles. The van der Waals surface area contributed by atoms with Crippen molar-refractivity contribution in [1.29, 1.82) is 0 Å². The van der Waals surface area contributed by atoms with Gasteiger partial charge in [0.2, 0.25) is 11.8 Å². The Kier molecular flexibility index (Phi) is 7.77. The number of aromatic nitrogens is 2. The molecule has 1 saturated heterocycles. The number of hydrogen-bond acceptors (Lipinski definition) is 7. The molecule has 0 saturated carbocycles. The lowest BCUT2D eigenvalue weighted by atomic mass is 9.86. The fourth-order valence-electron chi connectivity index (χ4n) is 4.85. The third-order valence-electron chi connectivity index (χ3n) is 6.98. The summed E-state index contributed by atoms with van der Waals surface area (Å²) >= 11 is 0.